The first kappa shape index (κ1) is 14.7. The molecule has 0 aliphatic heterocycles. The van der Waals surface area contributed by atoms with Gasteiger partial charge in [-0.1, -0.05) is 40.0 Å². The van der Waals surface area contributed by atoms with Gasteiger partial charge in [0.25, 0.3) is 0 Å². The van der Waals surface area contributed by atoms with Crippen molar-refractivity contribution in [1.29, 1.82) is 0 Å². The summed E-state index contributed by atoms with van der Waals surface area (Å²) >= 11 is 0. The van der Waals surface area contributed by atoms with Crippen molar-refractivity contribution in [3.05, 3.63) is 0 Å². The summed E-state index contributed by atoms with van der Waals surface area (Å²) in [6.07, 6.45) is 10.8. The van der Waals surface area contributed by atoms with Crippen molar-refractivity contribution in [3.8, 4) is 0 Å². The van der Waals surface area contributed by atoms with Crippen LogP contribution < -0.4 is 0 Å². The van der Waals surface area contributed by atoms with E-state index in [0.717, 1.165) is 24.7 Å². The molecule has 1 rings (SSSR count). The maximum Gasteiger partial charge on any atom is 0.135 e. The predicted molar refractivity (Wildman–Crippen MR) is 74.1 cm³/mol. The SMILES string of the molecule is CCCC1CCC(C(=O)CCCC(C)C)CC1. The van der Waals surface area contributed by atoms with Crippen LogP contribution in [0.2, 0.25) is 0 Å². The average molecular weight is 238 g/mol. The maximum atomic E-state index is 12.0. The molecule has 0 heterocycles. The van der Waals surface area contributed by atoms with E-state index in [9.17, 15) is 4.79 Å². The molecule has 0 unspecified atom stereocenters. The van der Waals surface area contributed by atoms with E-state index in [4.69, 9.17) is 0 Å². The topological polar surface area (TPSA) is 17.1 Å². The van der Waals surface area contributed by atoms with Crippen LogP contribution in [0, 0.1) is 17.8 Å². The molecule has 0 spiro atoms. The van der Waals surface area contributed by atoms with Gasteiger partial charge in [-0.3, -0.25) is 4.79 Å². The molecule has 1 aliphatic rings. The predicted octanol–water partition coefficient (Wildman–Crippen LogP) is 4.99. The Morgan fingerprint density at radius 2 is 1.82 bits per heavy atom. The van der Waals surface area contributed by atoms with Crippen LogP contribution in [0.4, 0.5) is 0 Å². The van der Waals surface area contributed by atoms with Crippen molar-refractivity contribution in [2.24, 2.45) is 17.8 Å². The van der Waals surface area contributed by atoms with Gasteiger partial charge < -0.3 is 0 Å². The fourth-order valence-corrected chi connectivity index (χ4v) is 3.07. The maximum absolute atomic E-state index is 12.0. The smallest absolute Gasteiger partial charge is 0.135 e. The monoisotopic (exact) mass is 238 g/mol. The van der Waals surface area contributed by atoms with Gasteiger partial charge in [-0.05, 0) is 43.9 Å². The molecule has 0 N–H and O–H groups in total. The van der Waals surface area contributed by atoms with E-state index >= 15 is 0 Å². The highest BCUT2D eigenvalue weighted by Crippen LogP contribution is 2.32. The van der Waals surface area contributed by atoms with Crippen molar-refractivity contribution in [2.45, 2.75) is 78.6 Å². The molecule has 1 heteroatoms. The minimum Gasteiger partial charge on any atom is -0.299 e. The molecule has 0 radical (unpaired) electrons. The second-order valence-corrected chi connectivity index (χ2v) is 6.26. The van der Waals surface area contributed by atoms with Crippen molar-refractivity contribution < 1.29 is 4.79 Å². The third-order valence-corrected chi connectivity index (χ3v) is 4.20. The van der Waals surface area contributed by atoms with Gasteiger partial charge in [-0.25, -0.2) is 0 Å². The Morgan fingerprint density at radius 1 is 1.18 bits per heavy atom. The second kappa shape index (κ2) is 7.89. The number of hydrogen-bond acceptors (Lipinski definition) is 1. The Morgan fingerprint density at radius 3 is 2.35 bits per heavy atom. The first-order chi connectivity index (χ1) is 8.13. The molecular formula is C16H30O. The van der Waals surface area contributed by atoms with Crippen LogP contribution in [0.15, 0.2) is 0 Å². The van der Waals surface area contributed by atoms with E-state index in [1.54, 1.807) is 0 Å². The number of carbonyl (C=O) groups is 1. The van der Waals surface area contributed by atoms with Gasteiger partial charge in [0.1, 0.15) is 5.78 Å². The quantitative estimate of drug-likeness (QED) is 0.611. The lowest BCUT2D eigenvalue weighted by atomic mass is 9.77. The molecular weight excluding hydrogens is 208 g/mol. The summed E-state index contributed by atoms with van der Waals surface area (Å²) in [5.41, 5.74) is 0. The normalized spacial score (nSPS) is 25.2. The van der Waals surface area contributed by atoms with Crippen molar-refractivity contribution in [1.82, 2.24) is 0 Å². The van der Waals surface area contributed by atoms with Gasteiger partial charge in [0.05, 0.1) is 0 Å². The van der Waals surface area contributed by atoms with Crippen LogP contribution in [-0.4, -0.2) is 5.78 Å². The molecule has 1 fully saturated rings. The van der Waals surface area contributed by atoms with E-state index in [1.807, 2.05) is 0 Å². The Balaban J connectivity index is 2.17. The average Bonchev–Trinajstić information content (AvgIpc) is 2.30. The van der Waals surface area contributed by atoms with Gasteiger partial charge in [-0.15, -0.1) is 0 Å². The fraction of sp³-hybridized carbons (Fsp3) is 0.938. The number of hydrogen-bond donors (Lipinski definition) is 0. The Bertz CT molecular complexity index is 212. The van der Waals surface area contributed by atoms with Crippen LogP contribution in [-0.2, 0) is 4.79 Å². The summed E-state index contributed by atoms with van der Waals surface area (Å²) in [6, 6.07) is 0. The zero-order valence-corrected chi connectivity index (χ0v) is 12.0. The van der Waals surface area contributed by atoms with Gasteiger partial charge in [0.2, 0.25) is 0 Å². The van der Waals surface area contributed by atoms with E-state index in [1.165, 1.54) is 44.9 Å². The lowest BCUT2D eigenvalue weighted by Crippen LogP contribution is -2.21. The molecule has 1 nitrogen and oxygen atoms in total. The molecule has 0 bridgehead atoms. The molecule has 0 aromatic rings. The van der Waals surface area contributed by atoms with Gasteiger partial charge in [0.15, 0.2) is 0 Å². The highest BCUT2D eigenvalue weighted by Gasteiger charge is 2.25. The highest BCUT2D eigenvalue weighted by molar-refractivity contribution is 5.81. The molecule has 1 saturated carbocycles. The zero-order valence-electron chi connectivity index (χ0n) is 12.0. The summed E-state index contributed by atoms with van der Waals surface area (Å²) in [5, 5.41) is 0. The number of ketones is 1. The Kier molecular flexibility index (Phi) is 6.84. The number of carbonyl (C=O) groups excluding carboxylic acids is 1. The number of rotatable bonds is 7. The van der Waals surface area contributed by atoms with Crippen LogP contribution in [0.1, 0.15) is 78.6 Å². The van der Waals surface area contributed by atoms with Crippen LogP contribution >= 0.6 is 0 Å². The summed E-state index contributed by atoms with van der Waals surface area (Å²) in [6.45, 7) is 6.74. The summed E-state index contributed by atoms with van der Waals surface area (Å²) < 4.78 is 0. The lowest BCUT2D eigenvalue weighted by molar-refractivity contribution is -0.124. The Hall–Kier alpha value is -0.330. The van der Waals surface area contributed by atoms with Gasteiger partial charge in [0, 0.05) is 12.3 Å². The van der Waals surface area contributed by atoms with Crippen LogP contribution in [0.25, 0.3) is 0 Å². The van der Waals surface area contributed by atoms with Crippen LogP contribution in [0.5, 0.6) is 0 Å². The van der Waals surface area contributed by atoms with Gasteiger partial charge in [-0.2, -0.15) is 0 Å². The van der Waals surface area contributed by atoms with Crippen molar-refractivity contribution in [2.75, 3.05) is 0 Å². The minimum absolute atomic E-state index is 0.412. The van der Waals surface area contributed by atoms with Crippen molar-refractivity contribution >= 4 is 5.78 Å². The second-order valence-electron chi connectivity index (χ2n) is 6.26. The van der Waals surface area contributed by atoms with Crippen molar-refractivity contribution in [3.63, 3.8) is 0 Å². The molecule has 17 heavy (non-hydrogen) atoms. The van der Waals surface area contributed by atoms with E-state index < -0.39 is 0 Å². The Labute approximate surface area is 107 Å². The van der Waals surface area contributed by atoms with Crippen LogP contribution in [0.3, 0.4) is 0 Å². The summed E-state index contributed by atoms with van der Waals surface area (Å²) in [7, 11) is 0. The molecule has 1 aliphatic carbocycles. The molecule has 0 aromatic heterocycles. The van der Waals surface area contributed by atoms with E-state index in [2.05, 4.69) is 20.8 Å². The molecule has 0 amide bonds. The third kappa shape index (κ3) is 5.70. The van der Waals surface area contributed by atoms with E-state index in [-0.39, 0.29) is 0 Å². The molecule has 0 saturated heterocycles. The fourth-order valence-electron chi connectivity index (χ4n) is 3.07. The van der Waals surface area contributed by atoms with Gasteiger partial charge >= 0.3 is 0 Å². The first-order valence-corrected chi connectivity index (χ1v) is 7.66. The van der Waals surface area contributed by atoms with E-state index in [0.29, 0.717) is 11.7 Å². The zero-order chi connectivity index (χ0) is 12.7. The highest BCUT2D eigenvalue weighted by atomic mass is 16.1. The first-order valence-electron chi connectivity index (χ1n) is 7.66. The molecule has 0 aromatic carbocycles. The standard InChI is InChI=1S/C16H30O/c1-4-6-14-9-11-15(12-10-14)16(17)8-5-7-13(2)3/h13-15H,4-12H2,1-3H3. The lowest BCUT2D eigenvalue weighted by Gasteiger charge is -2.27. The molecule has 100 valence electrons. The number of Topliss-reactive ketones (excluding diaryl/α,β-unsaturated/α-hetero) is 1. The third-order valence-electron chi connectivity index (χ3n) is 4.20. The summed E-state index contributed by atoms with van der Waals surface area (Å²) in [5.74, 6) is 2.62. The largest absolute Gasteiger partial charge is 0.299 e. The molecule has 0 atom stereocenters. The minimum atomic E-state index is 0.412. The summed E-state index contributed by atoms with van der Waals surface area (Å²) in [4.78, 5) is 12.0.